The van der Waals surface area contributed by atoms with Crippen LogP contribution in [0, 0.1) is 6.92 Å². The Labute approximate surface area is 229 Å². The number of carbonyl (C=O) groups is 4. The molecule has 0 atom stereocenters. The number of carbonyl (C=O) groups excluding carboxylic acids is 4. The van der Waals surface area contributed by atoms with Crippen molar-refractivity contribution in [2.45, 2.75) is 26.9 Å². The molecule has 8 nitrogen and oxygen atoms in total. The van der Waals surface area contributed by atoms with Gasteiger partial charge in [0.2, 0.25) is 0 Å². The number of anilines is 3. The predicted octanol–water partition coefficient (Wildman–Crippen LogP) is 5.90. The van der Waals surface area contributed by atoms with Crippen LogP contribution in [0.3, 0.4) is 0 Å². The minimum Gasteiger partial charge on any atom is -0.459 e. The first kappa shape index (κ1) is 26.9. The second-order valence-corrected chi connectivity index (χ2v) is 9.50. The molecule has 194 valence electrons. The van der Waals surface area contributed by atoms with E-state index in [2.05, 4.69) is 10.6 Å². The lowest BCUT2D eigenvalue weighted by molar-refractivity contribution is -0.120. The smallest absolute Gasteiger partial charge is 0.338 e. The Morgan fingerprint density at radius 2 is 1.55 bits per heavy atom. The number of rotatable bonds is 7. The fourth-order valence-electron chi connectivity index (χ4n) is 3.73. The molecule has 38 heavy (non-hydrogen) atoms. The van der Waals surface area contributed by atoms with Crippen molar-refractivity contribution in [2.24, 2.45) is 0 Å². The molecular weight excluding hydrogens is 529 g/mol. The summed E-state index contributed by atoms with van der Waals surface area (Å²) >= 11 is 12.4. The zero-order chi connectivity index (χ0) is 27.6. The molecule has 1 heterocycles. The molecule has 1 aliphatic rings. The SMILES string of the molecule is Cc1c(Cl)cccc1N1C(=O)C(Cl)=C(Nc2cccc(C(=O)Nc3ccc(C(=O)OC(C)C)cc3)c2)C1=O. The van der Waals surface area contributed by atoms with Crippen molar-refractivity contribution >= 4 is 64.0 Å². The Balaban J connectivity index is 1.48. The van der Waals surface area contributed by atoms with Gasteiger partial charge in [-0.1, -0.05) is 35.3 Å². The van der Waals surface area contributed by atoms with E-state index >= 15 is 0 Å². The molecule has 3 aromatic carbocycles. The van der Waals surface area contributed by atoms with Gasteiger partial charge in [-0.05, 0) is 80.9 Å². The number of hydrogen-bond donors (Lipinski definition) is 2. The molecule has 3 aromatic rings. The van der Waals surface area contributed by atoms with Crippen LogP contribution in [-0.2, 0) is 14.3 Å². The molecule has 0 fully saturated rings. The lowest BCUT2D eigenvalue weighted by Crippen LogP contribution is -2.32. The second kappa shape index (κ2) is 11.1. The topological polar surface area (TPSA) is 105 Å². The Morgan fingerprint density at radius 3 is 2.24 bits per heavy atom. The van der Waals surface area contributed by atoms with Crippen LogP contribution in [0.1, 0.15) is 40.1 Å². The van der Waals surface area contributed by atoms with Crippen molar-refractivity contribution in [3.8, 4) is 0 Å². The van der Waals surface area contributed by atoms with Gasteiger partial charge < -0.3 is 15.4 Å². The van der Waals surface area contributed by atoms with Crippen molar-refractivity contribution in [3.05, 3.63) is 99.2 Å². The largest absolute Gasteiger partial charge is 0.459 e. The first-order chi connectivity index (χ1) is 18.1. The number of imide groups is 1. The number of nitrogens with zero attached hydrogens (tertiary/aromatic N) is 1. The number of nitrogens with one attached hydrogen (secondary N) is 2. The predicted molar refractivity (Wildman–Crippen MR) is 147 cm³/mol. The summed E-state index contributed by atoms with van der Waals surface area (Å²) in [6.07, 6.45) is -0.241. The summed E-state index contributed by atoms with van der Waals surface area (Å²) in [7, 11) is 0. The molecule has 0 radical (unpaired) electrons. The van der Waals surface area contributed by atoms with Crippen LogP contribution in [0.4, 0.5) is 17.1 Å². The molecule has 0 spiro atoms. The van der Waals surface area contributed by atoms with E-state index in [1.807, 2.05) is 0 Å². The van der Waals surface area contributed by atoms with Crippen LogP contribution in [0.5, 0.6) is 0 Å². The van der Waals surface area contributed by atoms with E-state index in [9.17, 15) is 19.2 Å². The van der Waals surface area contributed by atoms with Crippen LogP contribution >= 0.6 is 23.2 Å². The van der Waals surface area contributed by atoms with E-state index < -0.39 is 23.7 Å². The zero-order valence-corrected chi connectivity index (χ0v) is 22.2. The van der Waals surface area contributed by atoms with E-state index in [-0.39, 0.29) is 22.4 Å². The van der Waals surface area contributed by atoms with Crippen molar-refractivity contribution in [1.29, 1.82) is 0 Å². The third kappa shape index (κ3) is 5.56. The number of amides is 3. The van der Waals surface area contributed by atoms with Gasteiger partial charge >= 0.3 is 5.97 Å². The molecule has 0 unspecified atom stereocenters. The quantitative estimate of drug-likeness (QED) is 0.279. The highest BCUT2D eigenvalue weighted by Crippen LogP contribution is 2.34. The molecule has 0 aliphatic carbocycles. The molecular formula is C28H23Cl2N3O5. The Morgan fingerprint density at radius 1 is 0.868 bits per heavy atom. The minimum atomic E-state index is -0.681. The monoisotopic (exact) mass is 551 g/mol. The van der Waals surface area contributed by atoms with E-state index in [0.717, 1.165) is 4.90 Å². The van der Waals surface area contributed by atoms with Crippen molar-refractivity contribution in [2.75, 3.05) is 15.5 Å². The van der Waals surface area contributed by atoms with Gasteiger partial charge in [0.15, 0.2) is 0 Å². The summed E-state index contributed by atoms with van der Waals surface area (Å²) in [5.41, 5.74) is 2.29. The third-order valence-corrected chi connectivity index (χ3v) is 6.38. The van der Waals surface area contributed by atoms with Crippen LogP contribution in [0.2, 0.25) is 5.02 Å². The minimum absolute atomic E-state index is 0.113. The Kier molecular flexibility index (Phi) is 7.85. The van der Waals surface area contributed by atoms with Gasteiger partial charge in [0.05, 0.1) is 17.4 Å². The van der Waals surface area contributed by atoms with Gasteiger partial charge in [-0.3, -0.25) is 14.4 Å². The average molecular weight is 552 g/mol. The molecule has 4 rings (SSSR count). The average Bonchev–Trinajstić information content (AvgIpc) is 3.09. The maximum atomic E-state index is 13.1. The van der Waals surface area contributed by atoms with Crippen LogP contribution in [0.25, 0.3) is 0 Å². The van der Waals surface area contributed by atoms with Crippen LogP contribution in [-0.4, -0.2) is 29.8 Å². The summed E-state index contributed by atoms with van der Waals surface area (Å²) in [6.45, 7) is 5.22. The summed E-state index contributed by atoms with van der Waals surface area (Å²) in [5, 5.41) is 5.75. The summed E-state index contributed by atoms with van der Waals surface area (Å²) in [6, 6.07) is 17.6. The molecule has 2 N–H and O–H groups in total. The van der Waals surface area contributed by atoms with Crippen molar-refractivity contribution < 1.29 is 23.9 Å². The molecule has 0 saturated carbocycles. The standard InChI is InChI=1S/C28H23Cl2N3O5/c1-15(2)38-28(37)17-10-12-19(13-11-17)32-25(34)18-6-4-7-20(14-18)31-24-23(30)26(35)33(27(24)36)22-9-5-8-21(29)16(22)3/h4-15,31H,1-3H3,(H,32,34). The highest BCUT2D eigenvalue weighted by Gasteiger charge is 2.39. The molecule has 0 aromatic heterocycles. The maximum Gasteiger partial charge on any atom is 0.338 e. The number of esters is 1. The molecule has 10 heteroatoms. The van der Waals surface area contributed by atoms with E-state index in [0.29, 0.717) is 33.2 Å². The van der Waals surface area contributed by atoms with E-state index in [1.54, 1.807) is 81.4 Å². The molecule has 3 amide bonds. The summed E-state index contributed by atoms with van der Waals surface area (Å²) in [4.78, 5) is 51.8. The first-order valence-corrected chi connectivity index (χ1v) is 12.4. The van der Waals surface area contributed by atoms with Crippen molar-refractivity contribution in [1.82, 2.24) is 0 Å². The number of halogens is 2. The maximum absolute atomic E-state index is 13.1. The zero-order valence-electron chi connectivity index (χ0n) is 20.7. The summed E-state index contributed by atoms with van der Waals surface area (Å²) < 4.78 is 5.16. The van der Waals surface area contributed by atoms with Gasteiger partial charge in [0, 0.05) is 22.0 Å². The van der Waals surface area contributed by atoms with E-state index in [1.165, 1.54) is 6.07 Å². The van der Waals surface area contributed by atoms with Crippen molar-refractivity contribution in [3.63, 3.8) is 0 Å². The number of ether oxygens (including phenoxy) is 1. The Bertz CT molecular complexity index is 1480. The fraction of sp³-hybridized carbons (Fsp3) is 0.143. The fourth-order valence-corrected chi connectivity index (χ4v) is 4.11. The molecule has 0 saturated heterocycles. The van der Waals surface area contributed by atoms with Gasteiger partial charge in [-0.25, -0.2) is 9.69 Å². The second-order valence-electron chi connectivity index (χ2n) is 8.71. The number of hydrogen-bond acceptors (Lipinski definition) is 6. The summed E-state index contributed by atoms with van der Waals surface area (Å²) in [5.74, 6) is -2.19. The lowest BCUT2D eigenvalue weighted by Gasteiger charge is -2.18. The van der Waals surface area contributed by atoms with Gasteiger partial charge in [-0.2, -0.15) is 0 Å². The van der Waals surface area contributed by atoms with Gasteiger partial charge in [0.1, 0.15) is 10.7 Å². The number of benzene rings is 3. The Hall–Kier alpha value is -4.14. The highest BCUT2D eigenvalue weighted by molar-refractivity contribution is 6.53. The first-order valence-electron chi connectivity index (χ1n) is 11.6. The van der Waals surface area contributed by atoms with Crippen LogP contribution < -0.4 is 15.5 Å². The highest BCUT2D eigenvalue weighted by atomic mass is 35.5. The third-order valence-electron chi connectivity index (χ3n) is 5.62. The normalized spacial score (nSPS) is 13.3. The lowest BCUT2D eigenvalue weighted by atomic mass is 10.1. The molecule has 1 aliphatic heterocycles. The van der Waals surface area contributed by atoms with E-state index in [4.69, 9.17) is 27.9 Å². The van der Waals surface area contributed by atoms with Crippen LogP contribution in [0.15, 0.2) is 77.5 Å². The molecule has 0 bridgehead atoms. The van der Waals surface area contributed by atoms with Gasteiger partial charge in [-0.15, -0.1) is 0 Å². The van der Waals surface area contributed by atoms with Gasteiger partial charge in [0.25, 0.3) is 17.7 Å².